The summed E-state index contributed by atoms with van der Waals surface area (Å²) in [5.41, 5.74) is 1.97. The fraction of sp³-hybridized carbons (Fsp3) is 0.389. The first-order valence-corrected chi connectivity index (χ1v) is 7.46. The van der Waals surface area contributed by atoms with Crippen molar-refractivity contribution in [1.29, 1.82) is 0 Å². The van der Waals surface area contributed by atoms with E-state index in [0.29, 0.717) is 6.61 Å². The lowest BCUT2D eigenvalue weighted by Gasteiger charge is -2.03. The van der Waals surface area contributed by atoms with Gasteiger partial charge in [0.2, 0.25) is 0 Å². The summed E-state index contributed by atoms with van der Waals surface area (Å²) in [5, 5.41) is 0. The lowest BCUT2D eigenvalue weighted by Crippen LogP contribution is -1.99. The third-order valence-corrected chi connectivity index (χ3v) is 3.01. The quantitative estimate of drug-likeness (QED) is 0.294. The van der Waals surface area contributed by atoms with Gasteiger partial charge in [-0.1, -0.05) is 44.1 Å². The Hall–Kier alpha value is -1.90. The van der Waals surface area contributed by atoms with Crippen LogP contribution in [-0.4, -0.2) is 12.6 Å². The van der Waals surface area contributed by atoms with Crippen LogP contribution in [0.2, 0.25) is 0 Å². The van der Waals surface area contributed by atoms with Crippen molar-refractivity contribution in [1.82, 2.24) is 0 Å². The lowest BCUT2D eigenvalue weighted by molar-refractivity contribution is -0.137. The average molecular weight is 290 g/mol. The second-order valence-corrected chi connectivity index (χ2v) is 4.81. The molecule has 0 spiro atoms. The molecule has 0 amide bonds. The Morgan fingerprint density at radius 3 is 2.48 bits per heavy atom. The van der Waals surface area contributed by atoms with Gasteiger partial charge in [-0.15, -0.1) is 0 Å². The SMILES string of the molecule is CCCCCC(/C=C/C(=O)OCC)=C\c1ccc(F)cc1. The van der Waals surface area contributed by atoms with E-state index in [1.807, 2.05) is 6.08 Å². The van der Waals surface area contributed by atoms with E-state index in [2.05, 4.69) is 6.92 Å². The zero-order chi connectivity index (χ0) is 15.5. The summed E-state index contributed by atoms with van der Waals surface area (Å²) >= 11 is 0. The molecule has 3 heteroatoms. The highest BCUT2D eigenvalue weighted by Gasteiger charge is 1.99. The molecule has 0 aliphatic carbocycles. The van der Waals surface area contributed by atoms with Gasteiger partial charge in [-0.05, 0) is 43.0 Å². The Kier molecular flexibility index (Phi) is 8.10. The molecule has 1 aromatic rings. The zero-order valence-electron chi connectivity index (χ0n) is 12.8. The van der Waals surface area contributed by atoms with E-state index in [1.54, 1.807) is 25.1 Å². The first-order chi connectivity index (χ1) is 10.2. The molecular weight excluding hydrogens is 267 g/mol. The highest BCUT2D eigenvalue weighted by atomic mass is 19.1. The van der Waals surface area contributed by atoms with Crippen molar-refractivity contribution in [2.75, 3.05) is 6.61 Å². The summed E-state index contributed by atoms with van der Waals surface area (Å²) in [7, 11) is 0. The number of halogens is 1. The van der Waals surface area contributed by atoms with Gasteiger partial charge in [0.25, 0.3) is 0 Å². The number of ether oxygens (including phenoxy) is 1. The average Bonchev–Trinajstić information content (AvgIpc) is 2.47. The Morgan fingerprint density at radius 2 is 1.86 bits per heavy atom. The third-order valence-electron chi connectivity index (χ3n) is 3.01. The summed E-state index contributed by atoms with van der Waals surface area (Å²) < 4.78 is 17.8. The number of hydrogen-bond acceptors (Lipinski definition) is 2. The summed E-state index contributed by atoms with van der Waals surface area (Å²) in [6.45, 7) is 4.30. The van der Waals surface area contributed by atoms with Crippen LogP contribution in [0.1, 0.15) is 45.1 Å². The lowest BCUT2D eigenvalue weighted by atomic mass is 10.0. The molecule has 1 aromatic carbocycles. The number of benzene rings is 1. The fourth-order valence-electron chi connectivity index (χ4n) is 1.92. The highest BCUT2D eigenvalue weighted by molar-refractivity contribution is 5.82. The molecule has 0 saturated heterocycles. The molecule has 0 heterocycles. The van der Waals surface area contributed by atoms with Gasteiger partial charge in [0, 0.05) is 6.08 Å². The maximum absolute atomic E-state index is 12.9. The standard InChI is InChI=1S/C18H23FO2/c1-3-5-6-7-15(10-13-18(20)21-4-2)14-16-8-11-17(19)12-9-16/h8-14H,3-7H2,1-2H3/b13-10+,15-14+. The molecule has 0 saturated carbocycles. The monoisotopic (exact) mass is 290 g/mol. The molecule has 114 valence electrons. The molecule has 0 bridgehead atoms. The second-order valence-electron chi connectivity index (χ2n) is 4.81. The molecule has 1 rings (SSSR count). The van der Waals surface area contributed by atoms with Crippen LogP contribution < -0.4 is 0 Å². The number of allylic oxidation sites excluding steroid dienone is 2. The van der Waals surface area contributed by atoms with Gasteiger partial charge in [-0.25, -0.2) is 9.18 Å². The number of rotatable bonds is 8. The first-order valence-electron chi connectivity index (χ1n) is 7.46. The van der Waals surface area contributed by atoms with Crippen LogP contribution in [0.5, 0.6) is 0 Å². The zero-order valence-corrected chi connectivity index (χ0v) is 12.8. The number of esters is 1. The van der Waals surface area contributed by atoms with E-state index in [4.69, 9.17) is 4.74 Å². The van der Waals surface area contributed by atoms with Crippen molar-refractivity contribution >= 4 is 12.0 Å². The van der Waals surface area contributed by atoms with Crippen LogP contribution in [-0.2, 0) is 9.53 Å². The van der Waals surface area contributed by atoms with Crippen molar-refractivity contribution in [2.24, 2.45) is 0 Å². The van der Waals surface area contributed by atoms with Crippen molar-refractivity contribution in [3.63, 3.8) is 0 Å². The van der Waals surface area contributed by atoms with Crippen LogP contribution >= 0.6 is 0 Å². The number of hydrogen-bond donors (Lipinski definition) is 0. The Bertz CT molecular complexity index is 486. The number of carbonyl (C=O) groups excluding carboxylic acids is 1. The summed E-state index contributed by atoms with van der Waals surface area (Å²) in [6.07, 6.45) is 9.46. The van der Waals surface area contributed by atoms with E-state index in [1.165, 1.54) is 18.2 Å². The molecule has 0 fully saturated rings. The van der Waals surface area contributed by atoms with Crippen molar-refractivity contribution in [3.8, 4) is 0 Å². The van der Waals surface area contributed by atoms with E-state index in [-0.39, 0.29) is 11.8 Å². The number of unbranched alkanes of at least 4 members (excludes halogenated alkanes) is 2. The van der Waals surface area contributed by atoms with Crippen LogP contribution in [0, 0.1) is 5.82 Å². The molecule has 0 aliphatic heterocycles. The van der Waals surface area contributed by atoms with Crippen LogP contribution in [0.15, 0.2) is 42.0 Å². The van der Waals surface area contributed by atoms with Crippen molar-refractivity contribution < 1.29 is 13.9 Å². The van der Waals surface area contributed by atoms with Gasteiger partial charge >= 0.3 is 5.97 Å². The Labute approximate surface area is 126 Å². The summed E-state index contributed by atoms with van der Waals surface area (Å²) in [4.78, 5) is 11.4. The predicted octanol–water partition coefficient (Wildman–Crippen LogP) is 4.91. The fourth-order valence-corrected chi connectivity index (χ4v) is 1.92. The van der Waals surface area contributed by atoms with Gasteiger partial charge in [0.05, 0.1) is 6.61 Å². The van der Waals surface area contributed by atoms with Crippen molar-refractivity contribution in [3.05, 3.63) is 53.4 Å². The van der Waals surface area contributed by atoms with E-state index >= 15 is 0 Å². The second kappa shape index (κ2) is 9.92. The molecular formula is C18H23FO2. The molecule has 2 nitrogen and oxygen atoms in total. The van der Waals surface area contributed by atoms with Crippen LogP contribution in [0.3, 0.4) is 0 Å². The minimum atomic E-state index is -0.335. The first kappa shape index (κ1) is 17.2. The molecule has 0 unspecified atom stereocenters. The van der Waals surface area contributed by atoms with Crippen LogP contribution in [0.25, 0.3) is 6.08 Å². The third kappa shape index (κ3) is 7.45. The topological polar surface area (TPSA) is 26.3 Å². The molecule has 0 atom stereocenters. The normalized spacial score (nSPS) is 11.9. The van der Waals surface area contributed by atoms with Crippen LogP contribution in [0.4, 0.5) is 4.39 Å². The van der Waals surface area contributed by atoms with E-state index < -0.39 is 0 Å². The predicted molar refractivity (Wildman–Crippen MR) is 84.3 cm³/mol. The van der Waals surface area contributed by atoms with Gasteiger partial charge in [0.15, 0.2) is 0 Å². The molecule has 0 aromatic heterocycles. The molecule has 0 radical (unpaired) electrons. The van der Waals surface area contributed by atoms with Gasteiger partial charge < -0.3 is 4.74 Å². The van der Waals surface area contributed by atoms with Gasteiger partial charge in [-0.3, -0.25) is 0 Å². The summed E-state index contributed by atoms with van der Waals surface area (Å²) in [5.74, 6) is -0.584. The maximum Gasteiger partial charge on any atom is 0.330 e. The number of carbonyl (C=O) groups is 1. The largest absolute Gasteiger partial charge is 0.463 e. The molecule has 0 aliphatic rings. The maximum atomic E-state index is 12.9. The van der Waals surface area contributed by atoms with Gasteiger partial charge in [-0.2, -0.15) is 0 Å². The minimum Gasteiger partial charge on any atom is -0.463 e. The minimum absolute atomic E-state index is 0.248. The smallest absolute Gasteiger partial charge is 0.330 e. The highest BCUT2D eigenvalue weighted by Crippen LogP contribution is 2.15. The van der Waals surface area contributed by atoms with Gasteiger partial charge in [0.1, 0.15) is 5.82 Å². The summed E-state index contributed by atoms with van der Waals surface area (Å²) in [6, 6.07) is 6.33. The Balaban J connectivity index is 2.80. The van der Waals surface area contributed by atoms with E-state index in [0.717, 1.165) is 36.8 Å². The van der Waals surface area contributed by atoms with E-state index in [9.17, 15) is 9.18 Å². The Morgan fingerprint density at radius 1 is 1.14 bits per heavy atom. The van der Waals surface area contributed by atoms with Crippen molar-refractivity contribution in [2.45, 2.75) is 39.5 Å². The molecule has 0 N–H and O–H groups in total. The molecule has 21 heavy (non-hydrogen) atoms.